The molecule has 0 aliphatic heterocycles. The lowest BCUT2D eigenvalue weighted by molar-refractivity contribution is -0.130. The number of guanidine groups is 1. The summed E-state index contributed by atoms with van der Waals surface area (Å²) >= 11 is 5.84. The number of carbonyl (C=O) groups excluding carboxylic acids is 1. The van der Waals surface area contributed by atoms with E-state index in [2.05, 4.69) is 50.2 Å². The Labute approximate surface area is 347 Å². The molecule has 0 unspecified atom stereocenters. The molecule has 1 heterocycles. The van der Waals surface area contributed by atoms with Gasteiger partial charge in [0, 0.05) is 25.7 Å². The highest BCUT2D eigenvalue weighted by atomic mass is 35.5. The van der Waals surface area contributed by atoms with E-state index in [1.54, 1.807) is 0 Å². The van der Waals surface area contributed by atoms with Crippen molar-refractivity contribution in [1.82, 2.24) is 30.8 Å². The van der Waals surface area contributed by atoms with Gasteiger partial charge in [0.1, 0.15) is 36.6 Å². The second-order valence-corrected chi connectivity index (χ2v) is 14.9. The van der Waals surface area contributed by atoms with Gasteiger partial charge in [-0.1, -0.05) is 48.0 Å². The lowest BCUT2D eigenvalue weighted by atomic mass is 9.93. The Balaban J connectivity index is 1.52. The van der Waals surface area contributed by atoms with Crippen LogP contribution in [-0.4, -0.2) is 179 Å². The van der Waals surface area contributed by atoms with Crippen molar-refractivity contribution in [2.75, 3.05) is 57.4 Å². The molecule has 3 rings (SSSR count). The number of nitrogen functional groups attached to an aromatic ring is 2. The second kappa shape index (κ2) is 24.4. The van der Waals surface area contributed by atoms with Crippen LogP contribution in [0.2, 0.25) is 5.15 Å². The van der Waals surface area contributed by atoms with Crippen LogP contribution in [0.25, 0.3) is 10.8 Å². The predicted octanol–water partition coefficient (Wildman–Crippen LogP) is -3.19. The number of fused-ring (bicyclic) bond motifs is 1. The maximum Gasteiger partial charge on any atom is 0.280 e. The monoisotopic (exact) mass is 853 g/mol. The minimum absolute atomic E-state index is 0.0187. The minimum Gasteiger partial charge on any atom is -0.394 e. The normalized spacial score (nSPS) is 16.5. The number of hydrogen-bond acceptors (Lipinski definition) is 18. The highest BCUT2D eigenvalue weighted by Gasteiger charge is 2.34. The van der Waals surface area contributed by atoms with Crippen LogP contribution in [0.4, 0.5) is 11.6 Å². The number of hydrogen-bond donors (Lipinski definition) is 16. The average Bonchev–Trinajstić information content (AvgIpc) is 3.22. The SMILES string of the molecule is C[C@H](Cc1ccc(CCCCNC(=N)NC(=O)c2nc(Cl)c(N)nc2N)c2ccccc12)NCCCN(C[C@H](O)[C@@H](O)[C@H](O)[C@H](O)CO)C[C@H](O)[C@@H](O)[C@H](O)[C@H](O)CO. The molecule has 9 atom stereocenters. The van der Waals surface area contributed by atoms with E-state index >= 15 is 0 Å². The lowest BCUT2D eigenvalue weighted by Gasteiger charge is -2.33. The van der Waals surface area contributed by atoms with Crippen molar-refractivity contribution in [2.24, 2.45) is 0 Å². The van der Waals surface area contributed by atoms with Crippen LogP contribution in [0.15, 0.2) is 36.4 Å². The van der Waals surface area contributed by atoms with Crippen LogP contribution in [0.5, 0.6) is 0 Å². The number of amides is 1. The minimum atomic E-state index is -1.87. The zero-order valence-electron chi connectivity index (χ0n) is 32.9. The third-order valence-corrected chi connectivity index (χ3v) is 10.1. The molecule has 1 amide bonds. The maximum atomic E-state index is 12.5. The maximum absolute atomic E-state index is 12.5. The van der Waals surface area contributed by atoms with Crippen LogP contribution in [0.3, 0.4) is 0 Å². The largest absolute Gasteiger partial charge is 0.394 e. The van der Waals surface area contributed by atoms with E-state index in [0.29, 0.717) is 32.4 Å². The Kier molecular flexibility index (Phi) is 20.5. The summed E-state index contributed by atoms with van der Waals surface area (Å²) in [6.07, 6.45) is -10.7. The van der Waals surface area contributed by atoms with Crippen LogP contribution in [-0.2, 0) is 12.8 Å². The Morgan fingerprint density at radius 3 is 1.88 bits per heavy atom. The fraction of sp³-hybridized carbons (Fsp3) is 0.579. The summed E-state index contributed by atoms with van der Waals surface area (Å²) in [6, 6.07) is 12.3. The third-order valence-electron chi connectivity index (χ3n) is 9.85. The molecule has 0 aliphatic rings. The average molecular weight is 854 g/mol. The van der Waals surface area contributed by atoms with E-state index in [-0.39, 0.29) is 54.1 Å². The molecule has 1 aromatic heterocycles. The number of aryl methyl sites for hydroxylation is 1. The van der Waals surface area contributed by atoms with Crippen LogP contribution in [0.1, 0.15) is 47.8 Å². The zero-order chi connectivity index (χ0) is 43.8. The Morgan fingerprint density at radius 1 is 0.763 bits per heavy atom. The zero-order valence-corrected chi connectivity index (χ0v) is 33.7. The Morgan fingerprint density at radius 2 is 1.31 bits per heavy atom. The van der Waals surface area contributed by atoms with Gasteiger partial charge in [-0.25, -0.2) is 9.97 Å². The van der Waals surface area contributed by atoms with Gasteiger partial charge in [0.25, 0.3) is 5.91 Å². The molecule has 0 fully saturated rings. The van der Waals surface area contributed by atoms with Gasteiger partial charge in [0.05, 0.1) is 25.4 Å². The molecular formula is C38H60ClN9O11. The summed E-state index contributed by atoms with van der Waals surface area (Å²) in [6.45, 7) is 0.764. The first-order valence-electron chi connectivity index (χ1n) is 19.3. The topological polar surface area (TPSA) is 360 Å². The number of nitrogens with one attached hydrogen (secondary N) is 4. The summed E-state index contributed by atoms with van der Waals surface area (Å²) in [5.41, 5.74) is 13.3. The fourth-order valence-corrected chi connectivity index (χ4v) is 6.61. The van der Waals surface area contributed by atoms with Crippen molar-refractivity contribution >= 4 is 45.9 Å². The first-order chi connectivity index (χ1) is 28.0. The summed E-state index contributed by atoms with van der Waals surface area (Å²) in [5, 5.41) is 118. The third kappa shape index (κ3) is 15.0. The summed E-state index contributed by atoms with van der Waals surface area (Å²) in [5.74, 6) is -1.28. The molecule has 0 radical (unpaired) electrons. The molecular weight excluding hydrogens is 794 g/mol. The van der Waals surface area contributed by atoms with Gasteiger partial charge in [-0.15, -0.1) is 0 Å². The van der Waals surface area contributed by atoms with Crippen molar-refractivity contribution in [3.05, 3.63) is 58.4 Å². The molecule has 3 aromatic rings. The Bertz CT molecular complexity index is 1750. The summed E-state index contributed by atoms with van der Waals surface area (Å²) < 4.78 is 0. The molecule has 330 valence electrons. The number of aliphatic hydroxyl groups excluding tert-OH is 10. The van der Waals surface area contributed by atoms with Crippen molar-refractivity contribution in [2.45, 2.75) is 93.9 Å². The van der Waals surface area contributed by atoms with Crippen LogP contribution in [0, 0.1) is 5.41 Å². The smallest absolute Gasteiger partial charge is 0.280 e. The molecule has 0 bridgehead atoms. The van der Waals surface area contributed by atoms with Gasteiger partial charge in [-0.3, -0.25) is 20.4 Å². The number of halogens is 1. The predicted molar refractivity (Wildman–Crippen MR) is 220 cm³/mol. The van der Waals surface area contributed by atoms with E-state index in [4.69, 9.17) is 38.7 Å². The molecule has 0 saturated carbocycles. The fourth-order valence-electron chi connectivity index (χ4n) is 6.48. The molecule has 2 aromatic carbocycles. The first-order valence-corrected chi connectivity index (χ1v) is 19.7. The van der Waals surface area contributed by atoms with Crippen molar-refractivity contribution in [1.29, 1.82) is 5.41 Å². The lowest BCUT2D eigenvalue weighted by Crippen LogP contribution is -2.53. The van der Waals surface area contributed by atoms with Gasteiger partial charge in [-0.05, 0) is 74.0 Å². The van der Waals surface area contributed by atoms with E-state index in [9.17, 15) is 45.6 Å². The molecule has 59 heavy (non-hydrogen) atoms. The van der Waals surface area contributed by atoms with Gasteiger partial charge in [0.15, 0.2) is 28.4 Å². The van der Waals surface area contributed by atoms with E-state index in [0.717, 1.165) is 29.2 Å². The van der Waals surface area contributed by atoms with E-state index < -0.39 is 68.0 Å². The number of unbranched alkanes of at least 4 members (excludes halogenated alkanes) is 1. The molecule has 21 heteroatoms. The van der Waals surface area contributed by atoms with Crippen molar-refractivity contribution < 1.29 is 55.9 Å². The Hall–Kier alpha value is -3.87. The number of nitrogens with two attached hydrogens (primary N) is 2. The molecule has 0 aliphatic carbocycles. The molecule has 0 saturated heterocycles. The standard InChI is InChI=1S/C38H60ClN9O11/c1-20(43-13-6-14-48(16-25(51)30(55)32(57)27(53)18-49)17-26(52)31(56)33(58)28(54)19-50)15-22-11-10-21(23-8-2-3-9-24(22)23)7-4-5-12-44-38(42)47-37(59)29-35(40)46-36(41)34(39)45-29/h2-3,8-11,20,25-28,30-33,43,49-58H,4-7,12-19H2,1H3,(H4,40,41,46)(H3,42,44,47,59)/t20-,25+,26+,27-,28-,30-,31-,32-,33-/m1/s1. The molecule has 20 nitrogen and oxygen atoms in total. The number of benzene rings is 2. The number of anilines is 2. The van der Waals surface area contributed by atoms with Gasteiger partial charge in [-0.2, -0.15) is 0 Å². The number of nitrogens with zero attached hydrogens (tertiary/aromatic N) is 3. The van der Waals surface area contributed by atoms with Gasteiger partial charge in [0.2, 0.25) is 0 Å². The quantitative estimate of drug-likeness (QED) is 0.0227. The van der Waals surface area contributed by atoms with Crippen LogP contribution >= 0.6 is 11.6 Å². The van der Waals surface area contributed by atoms with Gasteiger partial charge < -0.3 is 73.2 Å². The number of aromatic nitrogens is 2. The van der Waals surface area contributed by atoms with Gasteiger partial charge >= 0.3 is 0 Å². The highest BCUT2D eigenvalue weighted by Crippen LogP contribution is 2.25. The van der Waals surface area contributed by atoms with Crippen molar-refractivity contribution in [3.63, 3.8) is 0 Å². The van der Waals surface area contributed by atoms with E-state index in [1.807, 2.05) is 19.1 Å². The number of rotatable bonds is 25. The van der Waals surface area contributed by atoms with E-state index in [1.165, 1.54) is 10.5 Å². The molecule has 0 spiro atoms. The van der Waals surface area contributed by atoms with Crippen molar-refractivity contribution in [3.8, 4) is 0 Å². The number of carbonyl (C=O) groups is 1. The van der Waals surface area contributed by atoms with Crippen LogP contribution < -0.4 is 27.4 Å². The summed E-state index contributed by atoms with van der Waals surface area (Å²) in [7, 11) is 0. The summed E-state index contributed by atoms with van der Waals surface area (Å²) in [4.78, 5) is 21.5. The number of aliphatic hydroxyl groups is 10. The molecule has 18 N–H and O–H groups in total. The second-order valence-electron chi connectivity index (χ2n) is 14.5. The first kappa shape index (κ1) is 49.5. The highest BCUT2D eigenvalue weighted by molar-refractivity contribution is 6.31.